The fourth-order valence-corrected chi connectivity index (χ4v) is 4.61. The number of unbranched alkanes of at least 4 members (excludes halogenated alkanes) is 1. The number of carbonyl (C=O) groups is 1. The Hall–Kier alpha value is -3.54. The van der Waals surface area contributed by atoms with Crippen molar-refractivity contribution in [1.82, 2.24) is 5.43 Å². The van der Waals surface area contributed by atoms with Crippen LogP contribution in [-0.4, -0.2) is 25.7 Å². The van der Waals surface area contributed by atoms with E-state index in [0.29, 0.717) is 24.0 Å². The van der Waals surface area contributed by atoms with Gasteiger partial charge in [-0.25, -0.2) is 0 Å². The first-order valence-electron chi connectivity index (χ1n) is 11.9. The number of anilines is 1. The van der Waals surface area contributed by atoms with Gasteiger partial charge in [0.1, 0.15) is 17.8 Å². The van der Waals surface area contributed by atoms with Crippen LogP contribution >= 0.6 is 0 Å². The summed E-state index contributed by atoms with van der Waals surface area (Å²) in [7, 11) is 1.70. The molecular weight excluding hydrogens is 424 g/mol. The molecule has 2 unspecified atom stereocenters. The van der Waals surface area contributed by atoms with E-state index in [1.807, 2.05) is 61.5 Å². The van der Waals surface area contributed by atoms with Gasteiger partial charge in [-0.15, -0.1) is 6.58 Å². The van der Waals surface area contributed by atoms with E-state index in [9.17, 15) is 4.79 Å². The van der Waals surface area contributed by atoms with Gasteiger partial charge in [-0.1, -0.05) is 37.1 Å². The van der Waals surface area contributed by atoms with Gasteiger partial charge in [0, 0.05) is 30.8 Å². The maximum Gasteiger partial charge on any atom is 0.167 e. The van der Waals surface area contributed by atoms with E-state index in [0.717, 1.165) is 54.7 Å². The summed E-state index contributed by atoms with van der Waals surface area (Å²) in [5.41, 5.74) is 12.6. The molecule has 0 saturated heterocycles. The normalized spacial score (nSPS) is 17.0. The Morgan fingerprint density at radius 3 is 2.44 bits per heavy atom. The maximum atomic E-state index is 12.3. The van der Waals surface area contributed by atoms with Crippen molar-refractivity contribution in [2.24, 2.45) is 22.7 Å². The van der Waals surface area contributed by atoms with Crippen LogP contribution in [0.2, 0.25) is 0 Å². The van der Waals surface area contributed by atoms with Gasteiger partial charge in [-0.05, 0) is 68.5 Å². The van der Waals surface area contributed by atoms with Crippen LogP contribution in [0.4, 0.5) is 5.69 Å². The Bertz CT molecular complexity index is 1030. The van der Waals surface area contributed by atoms with E-state index in [4.69, 9.17) is 10.5 Å². The van der Waals surface area contributed by atoms with Gasteiger partial charge in [0.15, 0.2) is 5.84 Å². The molecule has 1 heterocycles. The monoisotopic (exact) mass is 460 g/mol. The maximum absolute atomic E-state index is 12.3. The van der Waals surface area contributed by atoms with Gasteiger partial charge >= 0.3 is 0 Å². The number of ether oxygens (including phenoxy) is 1. The van der Waals surface area contributed by atoms with Crippen molar-refractivity contribution in [3.8, 4) is 11.5 Å². The zero-order valence-corrected chi connectivity index (χ0v) is 20.5. The quantitative estimate of drug-likeness (QED) is 0.108. The number of carbonyl (C=O) groups excluding carboxylic acids is 1. The Kier molecular flexibility index (Phi) is 8.91. The first-order valence-corrected chi connectivity index (χ1v) is 11.9. The van der Waals surface area contributed by atoms with Gasteiger partial charge in [0.2, 0.25) is 0 Å². The number of aldehydes is 1. The lowest BCUT2D eigenvalue weighted by molar-refractivity contribution is -0.105. The summed E-state index contributed by atoms with van der Waals surface area (Å²) in [6.45, 7) is 8.76. The molecule has 0 aliphatic carbocycles. The largest absolute Gasteiger partial charge is 0.457 e. The van der Waals surface area contributed by atoms with Crippen molar-refractivity contribution in [2.45, 2.75) is 39.5 Å². The second kappa shape index (κ2) is 12.1. The molecular formula is C28H36N4O2. The Labute approximate surface area is 203 Å². The molecule has 2 aromatic rings. The summed E-state index contributed by atoms with van der Waals surface area (Å²) in [5.74, 6) is 2.33. The zero-order valence-electron chi connectivity index (χ0n) is 20.5. The topological polar surface area (TPSA) is 80.0 Å². The van der Waals surface area contributed by atoms with Crippen LogP contribution in [0.1, 0.15) is 38.2 Å². The molecule has 1 aliphatic heterocycles. The van der Waals surface area contributed by atoms with E-state index in [1.54, 1.807) is 7.05 Å². The number of hydrogen-bond donors (Lipinski definition) is 2. The van der Waals surface area contributed by atoms with Crippen molar-refractivity contribution >= 4 is 17.8 Å². The van der Waals surface area contributed by atoms with E-state index in [1.165, 1.54) is 5.56 Å². The fraction of sp³-hybridized carbons (Fsp3) is 0.357. The zero-order chi connectivity index (χ0) is 24.5. The van der Waals surface area contributed by atoms with Crippen LogP contribution in [0.5, 0.6) is 11.5 Å². The summed E-state index contributed by atoms with van der Waals surface area (Å²) in [4.78, 5) is 14.4. The Balaban J connectivity index is 1.89. The predicted octanol–water partition coefficient (Wildman–Crippen LogP) is 5.55. The number of allylic oxidation sites excluding steroid dienone is 1. The van der Waals surface area contributed by atoms with Crippen LogP contribution in [0.3, 0.4) is 0 Å². The second-order valence-corrected chi connectivity index (χ2v) is 8.66. The average molecular weight is 461 g/mol. The molecule has 0 spiro atoms. The minimum Gasteiger partial charge on any atom is -0.457 e. The summed E-state index contributed by atoms with van der Waals surface area (Å²) >= 11 is 0. The number of nitrogens with zero attached hydrogens (tertiary/aromatic N) is 2. The number of aryl methyl sites for hydroxylation is 1. The second-order valence-electron chi connectivity index (χ2n) is 8.66. The highest BCUT2D eigenvalue weighted by atomic mass is 16.5. The van der Waals surface area contributed by atoms with Gasteiger partial charge in [0.25, 0.3) is 0 Å². The number of rotatable bonds is 12. The molecule has 0 bridgehead atoms. The molecule has 0 saturated carbocycles. The molecule has 0 radical (unpaired) electrons. The number of hydrazone groups is 1. The Morgan fingerprint density at radius 1 is 1.24 bits per heavy atom. The molecule has 6 nitrogen and oxygen atoms in total. The van der Waals surface area contributed by atoms with Gasteiger partial charge in [-0.3, -0.25) is 4.79 Å². The molecule has 1 aliphatic rings. The van der Waals surface area contributed by atoms with Crippen molar-refractivity contribution in [1.29, 1.82) is 0 Å². The van der Waals surface area contributed by atoms with Crippen molar-refractivity contribution < 1.29 is 9.53 Å². The van der Waals surface area contributed by atoms with Crippen LogP contribution in [0.15, 0.2) is 77.6 Å². The highest BCUT2D eigenvalue weighted by Crippen LogP contribution is 2.39. The first-order chi connectivity index (χ1) is 16.5. The van der Waals surface area contributed by atoms with Gasteiger partial charge in [-0.2, -0.15) is 5.10 Å². The van der Waals surface area contributed by atoms with Gasteiger partial charge in [0.05, 0.1) is 5.70 Å². The third kappa shape index (κ3) is 5.87. The fourth-order valence-electron chi connectivity index (χ4n) is 4.61. The summed E-state index contributed by atoms with van der Waals surface area (Å²) < 4.78 is 5.98. The highest BCUT2D eigenvalue weighted by molar-refractivity contribution is 6.06. The van der Waals surface area contributed by atoms with Crippen LogP contribution in [-0.2, 0) is 4.79 Å². The lowest BCUT2D eigenvalue weighted by Gasteiger charge is -2.26. The van der Waals surface area contributed by atoms with E-state index >= 15 is 0 Å². The number of nitrogens with one attached hydrogen (secondary N) is 1. The Morgan fingerprint density at radius 2 is 1.88 bits per heavy atom. The third-order valence-corrected chi connectivity index (χ3v) is 6.41. The van der Waals surface area contributed by atoms with E-state index in [2.05, 4.69) is 28.9 Å². The van der Waals surface area contributed by atoms with Gasteiger partial charge < -0.3 is 20.8 Å². The molecule has 2 aromatic carbocycles. The van der Waals surface area contributed by atoms with E-state index in [-0.39, 0.29) is 5.92 Å². The molecule has 0 amide bonds. The minimum atomic E-state index is 0.0939. The molecule has 3 N–H and O–H groups in total. The number of nitrogens with two attached hydrogens (primary N) is 1. The molecule has 3 rings (SSSR count). The lowest BCUT2D eigenvalue weighted by atomic mass is 9.82. The average Bonchev–Trinajstić information content (AvgIpc) is 3.23. The smallest absolute Gasteiger partial charge is 0.167 e. The van der Waals surface area contributed by atoms with Crippen LogP contribution < -0.4 is 20.8 Å². The van der Waals surface area contributed by atoms with Crippen molar-refractivity contribution in [2.75, 3.05) is 18.5 Å². The molecule has 34 heavy (non-hydrogen) atoms. The molecule has 180 valence electrons. The molecule has 6 heteroatoms. The third-order valence-electron chi connectivity index (χ3n) is 6.41. The number of amidine groups is 1. The van der Waals surface area contributed by atoms with Crippen molar-refractivity contribution in [3.63, 3.8) is 0 Å². The molecule has 0 aromatic heterocycles. The number of benzene rings is 2. The highest BCUT2D eigenvalue weighted by Gasteiger charge is 2.37. The van der Waals surface area contributed by atoms with Crippen LogP contribution in [0.25, 0.3) is 0 Å². The van der Waals surface area contributed by atoms with Crippen molar-refractivity contribution in [3.05, 3.63) is 78.0 Å². The minimum absolute atomic E-state index is 0.0939. The first kappa shape index (κ1) is 25.1. The standard InChI is InChI=1S/C28H36N4O2/c1-5-7-8-9-21(6-2)25-18-32(27(26(25)19-33)28(29)31-30-4)22-12-16-24(17-13-22)34-23-14-10-20(3)11-15-23/h5,10-17,19,21,25,30H,1,6-9,18H2,2-4H3,(H2,29,31). The summed E-state index contributed by atoms with van der Waals surface area (Å²) in [6.07, 6.45) is 6.98. The molecule has 2 atom stereocenters. The number of hydrogen-bond acceptors (Lipinski definition) is 5. The van der Waals surface area contributed by atoms with E-state index < -0.39 is 0 Å². The van der Waals surface area contributed by atoms with Crippen LogP contribution in [0, 0.1) is 18.8 Å². The lowest BCUT2D eigenvalue weighted by Crippen LogP contribution is -2.31. The predicted molar refractivity (Wildman–Crippen MR) is 140 cm³/mol. The molecule has 0 fully saturated rings. The summed E-state index contributed by atoms with van der Waals surface area (Å²) in [5, 5.41) is 4.20. The summed E-state index contributed by atoms with van der Waals surface area (Å²) in [6, 6.07) is 15.8. The SMILES string of the molecule is C=CCCCC(CC)C1CN(c2ccc(Oc3ccc(C)cc3)cc2)C(/C(N)=N\NC)=C1C=O.